The molecule has 2 saturated heterocycles. The lowest BCUT2D eigenvalue weighted by Crippen LogP contribution is -2.36. The molecule has 0 spiro atoms. The van der Waals surface area contributed by atoms with Crippen LogP contribution < -0.4 is 10.1 Å². The van der Waals surface area contributed by atoms with Gasteiger partial charge in [-0.25, -0.2) is 0 Å². The number of ether oxygens (including phenoxy) is 2. The second-order valence-corrected chi connectivity index (χ2v) is 8.31. The summed E-state index contributed by atoms with van der Waals surface area (Å²) in [5.74, 6) is 0.828. The summed E-state index contributed by atoms with van der Waals surface area (Å²) in [5, 5.41) is 4.28. The zero-order valence-electron chi connectivity index (χ0n) is 17.5. The first kappa shape index (κ1) is 20.0. The van der Waals surface area contributed by atoms with E-state index in [1.54, 1.807) is 7.11 Å². The number of hydrogen-bond acceptors (Lipinski definition) is 4. The molecule has 7 heteroatoms. The highest BCUT2D eigenvalue weighted by atomic mass is 32.1. The summed E-state index contributed by atoms with van der Waals surface area (Å²) >= 11 is 5.80. The Morgan fingerprint density at radius 3 is 2.90 bits per heavy atom. The third-order valence-corrected chi connectivity index (χ3v) is 6.39. The largest absolute Gasteiger partial charge is 0.497 e. The molecule has 3 aromatic rings. The predicted octanol–water partition coefficient (Wildman–Crippen LogP) is 4.03. The van der Waals surface area contributed by atoms with Gasteiger partial charge < -0.3 is 24.3 Å². The summed E-state index contributed by atoms with van der Waals surface area (Å²) < 4.78 is 13.6. The Balaban J connectivity index is 1.57. The van der Waals surface area contributed by atoms with E-state index in [1.165, 1.54) is 0 Å². The van der Waals surface area contributed by atoms with E-state index in [9.17, 15) is 0 Å². The predicted molar refractivity (Wildman–Crippen MR) is 123 cm³/mol. The van der Waals surface area contributed by atoms with Crippen LogP contribution in [-0.4, -0.2) is 45.9 Å². The number of benzene rings is 1. The number of rotatable bonds is 6. The Morgan fingerprint density at radius 1 is 1.19 bits per heavy atom. The van der Waals surface area contributed by atoms with E-state index in [1.807, 2.05) is 36.5 Å². The second-order valence-electron chi connectivity index (χ2n) is 7.92. The lowest BCUT2D eigenvalue weighted by molar-refractivity contribution is 0.0836. The summed E-state index contributed by atoms with van der Waals surface area (Å²) in [6, 6.07) is 18.3. The quantitative estimate of drug-likeness (QED) is 0.591. The Hall–Kier alpha value is -2.90. The molecular weight excluding hydrogens is 408 g/mol. The van der Waals surface area contributed by atoms with Crippen molar-refractivity contribution in [1.82, 2.24) is 19.8 Å². The van der Waals surface area contributed by atoms with Gasteiger partial charge in [-0.2, -0.15) is 0 Å². The van der Waals surface area contributed by atoms with Crippen LogP contribution >= 0.6 is 12.2 Å². The third kappa shape index (κ3) is 3.91. The number of nitrogens with zero attached hydrogens (tertiary/aromatic N) is 3. The highest BCUT2D eigenvalue weighted by Gasteiger charge is 2.42. The molecule has 0 aliphatic carbocycles. The summed E-state index contributed by atoms with van der Waals surface area (Å²) in [4.78, 5) is 6.92. The van der Waals surface area contributed by atoms with Crippen LogP contribution in [0.3, 0.4) is 0 Å². The van der Waals surface area contributed by atoms with Crippen molar-refractivity contribution in [2.24, 2.45) is 0 Å². The van der Waals surface area contributed by atoms with Crippen molar-refractivity contribution in [1.29, 1.82) is 0 Å². The van der Waals surface area contributed by atoms with E-state index in [-0.39, 0.29) is 18.2 Å². The van der Waals surface area contributed by atoms with E-state index in [2.05, 4.69) is 50.2 Å². The van der Waals surface area contributed by atoms with Gasteiger partial charge in [0.15, 0.2) is 5.11 Å². The fourth-order valence-electron chi connectivity index (χ4n) is 4.56. The van der Waals surface area contributed by atoms with Gasteiger partial charge in [0.1, 0.15) is 5.75 Å². The summed E-state index contributed by atoms with van der Waals surface area (Å²) in [6.07, 6.45) is 6.29. The van der Waals surface area contributed by atoms with Gasteiger partial charge in [0.2, 0.25) is 0 Å². The van der Waals surface area contributed by atoms with Gasteiger partial charge >= 0.3 is 0 Å². The number of pyridine rings is 1. The molecule has 160 valence electrons. The lowest BCUT2D eigenvalue weighted by Gasteiger charge is -2.30. The van der Waals surface area contributed by atoms with Crippen molar-refractivity contribution < 1.29 is 9.47 Å². The van der Waals surface area contributed by atoms with Gasteiger partial charge in [-0.3, -0.25) is 4.98 Å². The Labute approximate surface area is 187 Å². The summed E-state index contributed by atoms with van der Waals surface area (Å²) in [6.45, 7) is 1.59. The molecule has 0 saturated carbocycles. The molecule has 6 nitrogen and oxygen atoms in total. The molecule has 0 bridgehead atoms. The maximum Gasteiger partial charge on any atom is 0.170 e. The molecule has 31 heavy (non-hydrogen) atoms. The fraction of sp³-hybridized carbons (Fsp3) is 0.333. The van der Waals surface area contributed by atoms with E-state index in [0.29, 0.717) is 0 Å². The first-order valence-corrected chi connectivity index (χ1v) is 11.1. The minimum absolute atomic E-state index is 0.00667. The fourth-order valence-corrected chi connectivity index (χ4v) is 4.88. The highest BCUT2D eigenvalue weighted by Crippen LogP contribution is 2.40. The normalized spacial score (nSPS) is 23.2. The number of nitrogens with one attached hydrogen (secondary N) is 1. The van der Waals surface area contributed by atoms with Crippen LogP contribution in [0.15, 0.2) is 67.0 Å². The molecule has 4 heterocycles. The van der Waals surface area contributed by atoms with E-state index >= 15 is 0 Å². The number of thiocarbonyl (C=S) groups is 1. The molecule has 2 fully saturated rings. The zero-order valence-corrected chi connectivity index (χ0v) is 18.3. The molecule has 1 N–H and O–H groups in total. The van der Waals surface area contributed by atoms with Crippen molar-refractivity contribution in [2.75, 3.05) is 20.3 Å². The Bertz CT molecular complexity index is 1050. The topological polar surface area (TPSA) is 51.5 Å². The monoisotopic (exact) mass is 434 g/mol. The van der Waals surface area contributed by atoms with Crippen molar-refractivity contribution in [3.05, 3.63) is 78.4 Å². The molecule has 1 aromatic carbocycles. The average Bonchev–Trinajstić information content (AvgIpc) is 3.56. The molecule has 0 amide bonds. The first-order valence-electron chi connectivity index (χ1n) is 10.7. The van der Waals surface area contributed by atoms with Crippen LogP contribution in [0.25, 0.3) is 5.69 Å². The van der Waals surface area contributed by atoms with Gasteiger partial charge in [0, 0.05) is 43.0 Å². The molecule has 0 unspecified atom stereocenters. The third-order valence-electron chi connectivity index (χ3n) is 6.04. The van der Waals surface area contributed by atoms with Gasteiger partial charge in [-0.1, -0.05) is 12.1 Å². The molecular formula is C24H26N4O2S. The van der Waals surface area contributed by atoms with Crippen LogP contribution in [0, 0.1) is 0 Å². The summed E-state index contributed by atoms with van der Waals surface area (Å²) in [5.41, 5.74) is 3.17. The van der Waals surface area contributed by atoms with Gasteiger partial charge in [-0.05, 0) is 61.5 Å². The lowest BCUT2D eigenvalue weighted by atomic mass is 10.0. The number of aromatic nitrogens is 2. The number of hydrogen-bond donors (Lipinski definition) is 1. The smallest absolute Gasteiger partial charge is 0.170 e. The second kappa shape index (κ2) is 8.69. The molecule has 5 rings (SSSR count). The highest BCUT2D eigenvalue weighted by molar-refractivity contribution is 7.80. The van der Waals surface area contributed by atoms with Crippen molar-refractivity contribution in [3.63, 3.8) is 0 Å². The van der Waals surface area contributed by atoms with Crippen LogP contribution in [0.4, 0.5) is 0 Å². The SMILES string of the molecule is COc1cccc(-n2cccc2[C@@H]2[C@@H](c3ccccn3)NC(=S)N2C[C@@H]2CCCO2)c1. The van der Waals surface area contributed by atoms with Crippen LogP contribution in [-0.2, 0) is 4.74 Å². The van der Waals surface area contributed by atoms with Crippen LogP contribution in [0.5, 0.6) is 5.75 Å². The minimum Gasteiger partial charge on any atom is -0.497 e. The molecule has 3 atom stereocenters. The Morgan fingerprint density at radius 2 is 2.13 bits per heavy atom. The molecule has 2 aromatic heterocycles. The minimum atomic E-state index is -0.0469. The standard InChI is InChI=1S/C24H26N4O2S/c1-29-18-8-4-7-17(15-18)27-13-5-11-21(27)23-22(20-10-2-3-12-25-20)26-24(31)28(23)16-19-9-6-14-30-19/h2-5,7-8,10-13,15,19,22-23H,6,9,14,16H2,1H3,(H,26,31)/t19-,22+,23+/m0/s1. The van der Waals surface area contributed by atoms with E-state index in [0.717, 1.165) is 53.9 Å². The van der Waals surface area contributed by atoms with Crippen LogP contribution in [0.2, 0.25) is 0 Å². The van der Waals surface area contributed by atoms with Crippen molar-refractivity contribution in [3.8, 4) is 11.4 Å². The maximum atomic E-state index is 5.95. The van der Waals surface area contributed by atoms with Crippen molar-refractivity contribution >= 4 is 17.3 Å². The summed E-state index contributed by atoms with van der Waals surface area (Å²) in [7, 11) is 1.69. The molecule has 2 aliphatic rings. The van der Waals surface area contributed by atoms with Crippen molar-refractivity contribution in [2.45, 2.75) is 31.0 Å². The van der Waals surface area contributed by atoms with Crippen LogP contribution in [0.1, 0.15) is 36.3 Å². The molecule has 2 aliphatic heterocycles. The number of methoxy groups -OCH3 is 1. The van der Waals surface area contributed by atoms with E-state index in [4.69, 9.17) is 21.7 Å². The van der Waals surface area contributed by atoms with Gasteiger partial charge in [0.25, 0.3) is 0 Å². The maximum absolute atomic E-state index is 5.95. The first-order chi connectivity index (χ1) is 15.2. The zero-order chi connectivity index (χ0) is 21.2. The van der Waals surface area contributed by atoms with E-state index < -0.39 is 0 Å². The van der Waals surface area contributed by atoms with Gasteiger partial charge in [-0.15, -0.1) is 0 Å². The Kier molecular flexibility index (Phi) is 5.61. The average molecular weight is 435 g/mol. The molecule has 0 radical (unpaired) electrons. The van der Waals surface area contributed by atoms with Gasteiger partial charge in [0.05, 0.1) is 31.0 Å².